The number of pyridine rings is 1. The van der Waals surface area contributed by atoms with Crippen molar-refractivity contribution in [3.63, 3.8) is 0 Å². The standard InChI is InChI=1S/C17H21N5O.C6H8O7/c1-12-4-5-14(23-12)11-22-16-15(3-2-8-19-16)21-17(22)20-13-6-9-18-10-7-13;7-3(8)1-2(5(10)11)4(9)6(12)13/h2-5,8,13,18H,6-7,9-11H2,1H3,(H,20,21);2,4,9H,1H2,(H,7,8)(H,10,11)(H,12,13). The zero-order valence-electron chi connectivity index (χ0n) is 19.6. The molecule has 1 saturated heterocycles. The Morgan fingerprint density at radius 3 is 2.47 bits per heavy atom. The number of carboxylic acid groups (broad SMARTS) is 3. The van der Waals surface area contributed by atoms with Crippen LogP contribution in [-0.4, -0.2) is 78.1 Å². The first-order valence-corrected chi connectivity index (χ1v) is 11.3. The van der Waals surface area contributed by atoms with E-state index >= 15 is 0 Å². The van der Waals surface area contributed by atoms with E-state index in [9.17, 15) is 14.4 Å². The van der Waals surface area contributed by atoms with Crippen LogP contribution in [0, 0.1) is 12.8 Å². The average molecular weight is 504 g/mol. The number of nitrogens with one attached hydrogen (secondary N) is 2. The Balaban J connectivity index is 0.000000240. The smallest absolute Gasteiger partial charge is 0.333 e. The van der Waals surface area contributed by atoms with Crippen LogP contribution >= 0.6 is 0 Å². The number of hydrogen-bond acceptors (Lipinski definition) is 9. The average Bonchev–Trinajstić information content (AvgIpc) is 3.41. The number of aliphatic hydroxyl groups excluding tert-OH is 1. The van der Waals surface area contributed by atoms with Gasteiger partial charge in [0.25, 0.3) is 0 Å². The Hall–Kier alpha value is -3.97. The van der Waals surface area contributed by atoms with Crippen LogP contribution < -0.4 is 10.6 Å². The molecule has 13 heteroatoms. The lowest BCUT2D eigenvalue weighted by Crippen LogP contribution is -2.36. The Morgan fingerprint density at radius 2 is 1.89 bits per heavy atom. The largest absolute Gasteiger partial charge is 0.481 e. The van der Waals surface area contributed by atoms with Crippen molar-refractivity contribution < 1.29 is 39.2 Å². The van der Waals surface area contributed by atoms with Crippen molar-refractivity contribution in [2.45, 2.75) is 44.9 Å². The monoisotopic (exact) mass is 503 g/mol. The number of nitrogens with zero attached hydrogens (tertiary/aromatic N) is 3. The molecule has 1 aliphatic rings. The number of aliphatic carboxylic acids is 3. The van der Waals surface area contributed by atoms with Crippen molar-refractivity contribution in [1.29, 1.82) is 0 Å². The third kappa shape index (κ3) is 7.02. The van der Waals surface area contributed by atoms with Crippen LogP contribution in [0.2, 0.25) is 0 Å². The second-order valence-corrected chi connectivity index (χ2v) is 8.37. The highest BCUT2D eigenvalue weighted by atomic mass is 16.4. The summed E-state index contributed by atoms with van der Waals surface area (Å²) < 4.78 is 7.84. The van der Waals surface area contributed by atoms with Crippen molar-refractivity contribution in [3.05, 3.63) is 42.0 Å². The number of piperidine rings is 1. The second-order valence-electron chi connectivity index (χ2n) is 8.37. The van der Waals surface area contributed by atoms with Crippen molar-refractivity contribution in [1.82, 2.24) is 19.9 Å². The van der Waals surface area contributed by atoms with Crippen LogP contribution in [0.5, 0.6) is 0 Å². The van der Waals surface area contributed by atoms with Gasteiger partial charge in [-0.1, -0.05) is 0 Å². The quantitative estimate of drug-likeness (QED) is 0.244. The molecule has 1 aliphatic heterocycles. The molecule has 0 radical (unpaired) electrons. The van der Waals surface area contributed by atoms with Crippen molar-refractivity contribution in [3.8, 4) is 0 Å². The molecule has 6 N–H and O–H groups in total. The van der Waals surface area contributed by atoms with Crippen LogP contribution in [0.25, 0.3) is 11.2 Å². The SMILES string of the molecule is Cc1ccc(Cn2c(NC3CCNCC3)nc3cccnc32)o1.O=C(O)CC(C(=O)O)C(O)C(=O)O. The molecule has 1 fully saturated rings. The minimum Gasteiger partial charge on any atom is -0.481 e. The van der Waals surface area contributed by atoms with E-state index in [0.29, 0.717) is 12.6 Å². The fourth-order valence-corrected chi connectivity index (χ4v) is 3.79. The van der Waals surface area contributed by atoms with Gasteiger partial charge in [-0.15, -0.1) is 0 Å². The minimum atomic E-state index is -2.20. The summed E-state index contributed by atoms with van der Waals surface area (Å²) in [5.41, 5.74) is 1.80. The van der Waals surface area contributed by atoms with E-state index in [1.165, 1.54) is 0 Å². The van der Waals surface area contributed by atoms with Crippen molar-refractivity contribution in [2.24, 2.45) is 5.92 Å². The molecule has 4 heterocycles. The fourth-order valence-electron chi connectivity index (χ4n) is 3.79. The number of aryl methyl sites for hydroxylation is 1. The number of carboxylic acids is 3. The molecule has 194 valence electrons. The van der Waals surface area contributed by atoms with Crippen LogP contribution in [0.1, 0.15) is 30.8 Å². The Labute approximate surface area is 205 Å². The molecule has 0 saturated carbocycles. The normalized spacial score (nSPS) is 15.5. The highest BCUT2D eigenvalue weighted by Gasteiger charge is 2.33. The molecule has 0 bridgehead atoms. The summed E-state index contributed by atoms with van der Waals surface area (Å²) >= 11 is 0. The first-order chi connectivity index (χ1) is 17.2. The number of fused-ring (bicyclic) bond motifs is 1. The van der Waals surface area contributed by atoms with Crippen LogP contribution in [0.3, 0.4) is 0 Å². The van der Waals surface area contributed by atoms with Gasteiger partial charge in [0.1, 0.15) is 23.0 Å². The van der Waals surface area contributed by atoms with Crippen molar-refractivity contribution in [2.75, 3.05) is 18.4 Å². The Kier molecular flexibility index (Phi) is 8.97. The number of hydrogen-bond donors (Lipinski definition) is 6. The molecule has 0 spiro atoms. The van der Waals surface area contributed by atoms with E-state index in [2.05, 4.69) is 20.2 Å². The zero-order chi connectivity index (χ0) is 26.2. The van der Waals surface area contributed by atoms with Gasteiger partial charge in [-0.05, 0) is 57.1 Å². The maximum Gasteiger partial charge on any atom is 0.333 e. The molecule has 13 nitrogen and oxygen atoms in total. The van der Waals surface area contributed by atoms with E-state index in [1.807, 2.05) is 37.4 Å². The lowest BCUT2D eigenvalue weighted by atomic mass is 9.99. The number of aromatic nitrogens is 3. The number of anilines is 1. The summed E-state index contributed by atoms with van der Waals surface area (Å²) in [6.45, 7) is 4.69. The van der Waals surface area contributed by atoms with Gasteiger partial charge in [-0.3, -0.25) is 14.2 Å². The summed E-state index contributed by atoms with van der Waals surface area (Å²) in [5, 5.41) is 40.5. The Morgan fingerprint density at radius 1 is 1.17 bits per heavy atom. The first kappa shape index (κ1) is 26.6. The third-order valence-corrected chi connectivity index (χ3v) is 5.63. The van der Waals surface area contributed by atoms with Gasteiger partial charge in [-0.25, -0.2) is 14.8 Å². The predicted molar refractivity (Wildman–Crippen MR) is 127 cm³/mol. The van der Waals surface area contributed by atoms with Crippen molar-refractivity contribution >= 4 is 35.0 Å². The second kappa shape index (κ2) is 12.1. The number of carbonyl (C=O) groups is 3. The summed E-state index contributed by atoms with van der Waals surface area (Å²) in [5.74, 6) is -4.00. The van der Waals surface area contributed by atoms with Crippen LogP contribution in [0.15, 0.2) is 34.9 Å². The highest BCUT2D eigenvalue weighted by molar-refractivity contribution is 5.85. The molecule has 3 aromatic rings. The van der Waals surface area contributed by atoms with E-state index in [0.717, 1.165) is 54.6 Å². The van der Waals surface area contributed by atoms with Crippen LogP contribution in [0.4, 0.5) is 5.95 Å². The van der Waals surface area contributed by atoms with E-state index in [-0.39, 0.29) is 0 Å². The number of furan rings is 1. The van der Waals surface area contributed by atoms with Gasteiger partial charge in [0, 0.05) is 12.2 Å². The van der Waals surface area contributed by atoms with Gasteiger partial charge in [0.15, 0.2) is 11.8 Å². The van der Waals surface area contributed by atoms with E-state index in [1.54, 1.807) is 0 Å². The number of imidazole rings is 1. The molecule has 2 unspecified atom stereocenters. The Bertz CT molecular complexity index is 1200. The molecule has 4 rings (SSSR count). The van der Waals surface area contributed by atoms with Gasteiger partial charge in [-0.2, -0.15) is 0 Å². The molecular weight excluding hydrogens is 474 g/mol. The van der Waals surface area contributed by atoms with Gasteiger partial charge >= 0.3 is 17.9 Å². The molecule has 0 aromatic carbocycles. The molecule has 36 heavy (non-hydrogen) atoms. The van der Waals surface area contributed by atoms with Gasteiger partial charge < -0.3 is 35.5 Å². The maximum atomic E-state index is 10.3. The zero-order valence-corrected chi connectivity index (χ0v) is 19.6. The van der Waals surface area contributed by atoms with E-state index < -0.39 is 36.4 Å². The first-order valence-electron chi connectivity index (χ1n) is 11.3. The molecule has 3 aromatic heterocycles. The van der Waals surface area contributed by atoms with Gasteiger partial charge in [0.05, 0.1) is 13.0 Å². The number of aliphatic hydroxyl groups is 1. The highest BCUT2D eigenvalue weighted by Crippen LogP contribution is 2.22. The maximum absolute atomic E-state index is 10.3. The summed E-state index contributed by atoms with van der Waals surface area (Å²) in [6, 6.07) is 8.37. The topological polar surface area (TPSA) is 200 Å². The fraction of sp³-hybridized carbons (Fsp3) is 0.435. The summed E-state index contributed by atoms with van der Waals surface area (Å²) in [6.07, 6.45) is 0.895. The summed E-state index contributed by atoms with van der Waals surface area (Å²) in [4.78, 5) is 39.7. The summed E-state index contributed by atoms with van der Waals surface area (Å²) in [7, 11) is 0. The minimum absolute atomic E-state index is 0.449. The predicted octanol–water partition coefficient (Wildman–Crippen LogP) is 1.15. The number of rotatable bonds is 9. The molecule has 2 atom stereocenters. The van der Waals surface area contributed by atoms with Crippen LogP contribution in [-0.2, 0) is 20.9 Å². The molecule has 0 amide bonds. The third-order valence-electron chi connectivity index (χ3n) is 5.63. The lowest BCUT2D eigenvalue weighted by Gasteiger charge is -2.24. The van der Waals surface area contributed by atoms with E-state index in [4.69, 9.17) is 29.8 Å². The lowest BCUT2D eigenvalue weighted by molar-refractivity contribution is -0.162. The molecule has 0 aliphatic carbocycles. The molecular formula is C23H29N5O8. The van der Waals surface area contributed by atoms with Gasteiger partial charge in [0.2, 0.25) is 5.95 Å².